The second-order valence-corrected chi connectivity index (χ2v) is 13.4. The quantitative estimate of drug-likeness (QED) is 0.453. The summed E-state index contributed by atoms with van der Waals surface area (Å²) in [4.78, 5) is 32.8. The van der Waals surface area contributed by atoms with Crippen molar-refractivity contribution in [2.45, 2.75) is 89.1 Å². The van der Waals surface area contributed by atoms with Crippen molar-refractivity contribution < 1.29 is 23.1 Å². The molecule has 0 radical (unpaired) electrons. The molecule has 5 rings (SSSR count). The standard InChI is InChI=1S/C31H45F2N3O3/c1-30(2)20-39-29(38)36(30)19-31(21-8-6-5-7-9-21)12-14-35(15-13-31)28(37)26-18-23(34(3)4)17-25(26)24-11-10-22(32)16-27(24)33/h10-11,16,21,23,25-26H,5-9,12-15,17-20H2,1-4H3/t23-,25?,26-/m1/s1. The summed E-state index contributed by atoms with van der Waals surface area (Å²) >= 11 is 0. The number of benzene rings is 1. The van der Waals surface area contributed by atoms with Gasteiger partial charge in [0, 0.05) is 37.7 Å². The number of rotatable bonds is 6. The normalized spacial score (nSPS) is 29.2. The average Bonchev–Trinajstić information content (AvgIpc) is 3.46. The van der Waals surface area contributed by atoms with E-state index in [0.717, 1.165) is 18.9 Å². The van der Waals surface area contributed by atoms with Crippen LogP contribution in [0.2, 0.25) is 0 Å². The molecule has 216 valence electrons. The summed E-state index contributed by atoms with van der Waals surface area (Å²) in [5, 5.41) is 0. The molecular weight excluding hydrogens is 500 g/mol. The summed E-state index contributed by atoms with van der Waals surface area (Å²) in [7, 11) is 4.00. The van der Waals surface area contributed by atoms with Gasteiger partial charge in [0.1, 0.15) is 18.2 Å². The maximum absolute atomic E-state index is 14.9. The number of nitrogens with zero attached hydrogens (tertiary/aromatic N) is 3. The minimum absolute atomic E-state index is 0.0257. The molecule has 2 heterocycles. The average molecular weight is 546 g/mol. The molecule has 1 aromatic carbocycles. The van der Waals surface area contributed by atoms with Crippen molar-refractivity contribution in [3.8, 4) is 0 Å². The van der Waals surface area contributed by atoms with E-state index in [1.54, 1.807) is 0 Å². The number of cyclic esters (lactones) is 1. The van der Waals surface area contributed by atoms with Gasteiger partial charge in [0.25, 0.3) is 0 Å². The summed E-state index contributed by atoms with van der Waals surface area (Å²) < 4.78 is 34.0. The van der Waals surface area contributed by atoms with Crippen LogP contribution in [0.1, 0.15) is 83.1 Å². The van der Waals surface area contributed by atoms with Gasteiger partial charge in [-0.25, -0.2) is 13.6 Å². The molecule has 4 aliphatic rings. The van der Waals surface area contributed by atoms with E-state index >= 15 is 0 Å². The Hall–Kier alpha value is -2.22. The molecule has 2 aliphatic carbocycles. The maximum Gasteiger partial charge on any atom is 0.410 e. The van der Waals surface area contributed by atoms with Crippen LogP contribution in [0.25, 0.3) is 0 Å². The lowest BCUT2D eigenvalue weighted by Crippen LogP contribution is -2.55. The lowest BCUT2D eigenvalue weighted by atomic mass is 9.63. The van der Waals surface area contributed by atoms with E-state index in [9.17, 15) is 18.4 Å². The Morgan fingerprint density at radius 2 is 1.77 bits per heavy atom. The van der Waals surface area contributed by atoms with Crippen molar-refractivity contribution in [1.29, 1.82) is 0 Å². The van der Waals surface area contributed by atoms with Crippen LogP contribution in [0.15, 0.2) is 18.2 Å². The van der Waals surface area contributed by atoms with Crippen LogP contribution in [0.3, 0.4) is 0 Å². The molecule has 6 nitrogen and oxygen atoms in total. The SMILES string of the molecule is CN(C)[C@@H]1CC(c2ccc(F)cc2F)[C@H](C(=O)N2CCC(CN3C(=O)OCC3(C)C)(C3CCCCC3)CC2)C1. The zero-order valence-electron chi connectivity index (χ0n) is 24.1. The lowest BCUT2D eigenvalue weighted by molar-refractivity contribution is -0.139. The summed E-state index contributed by atoms with van der Waals surface area (Å²) in [5.74, 6) is -1.12. The van der Waals surface area contributed by atoms with Gasteiger partial charge in [-0.2, -0.15) is 0 Å². The number of halogens is 2. The third-order valence-electron chi connectivity index (χ3n) is 10.5. The van der Waals surface area contributed by atoms with Gasteiger partial charge in [-0.1, -0.05) is 25.3 Å². The zero-order valence-corrected chi connectivity index (χ0v) is 24.1. The molecule has 2 amide bonds. The van der Waals surface area contributed by atoms with E-state index in [1.807, 2.05) is 23.9 Å². The van der Waals surface area contributed by atoms with Crippen molar-refractivity contribution >= 4 is 12.0 Å². The monoisotopic (exact) mass is 545 g/mol. The number of likely N-dealkylation sites (tertiary alicyclic amines) is 1. The first-order valence-corrected chi connectivity index (χ1v) is 14.9. The van der Waals surface area contributed by atoms with Gasteiger partial charge in [-0.3, -0.25) is 9.69 Å². The van der Waals surface area contributed by atoms with Crippen LogP contribution in [0, 0.1) is 28.9 Å². The molecule has 2 saturated heterocycles. The van der Waals surface area contributed by atoms with Gasteiger partial charge in [0.15, 0.2) is 0 Å². The van der Waals surface area contributed by atoms with Crippen LogP contribution < -0.4 is 0 Å². The first kappa shape index (κ1) is 28.3. The second kappa shape index (κ2) is 11.0. The van der Waals surface area contributed by atoms with Crippen LogP contribution in [0.5, 0.6) is 0 Å². The Balaban J connectivity index is 1.35. The zero-order chi connectivity index (χ0) is 27.9. The molecular formula is C31H45F2N3O3. The highest BCUT2D eigenvalue weighted by molar-refractivity contribution is 5.80. The number of hydrogen-bond acceptors (Lipinski definition) is 4. The van der Waals surface area contributed by atoms with Gasteiger partial charge in [0.05, 0.1) is 5.54 Å². The van der Waals surface area contributed by atoms with E-state index in [4.69, 9.17) is 4.74 Å². The number of piperidine rings is 1. The fraction of sp³-hybridized carbons (Fsp3) is 0.742. The lowest BCUT2D eigenvalue weighted by Gasteiger charge is -2.51. The van der Waals surface area contributed by atoms with E-state index in [0.29, 0.717) is 50.6 Å². The number of ether oxygens (including phenoxy) is 1. The predicted molar refractivity (Wildman–Crippen MR) is 146 cm³/mol. The largest absolute Gasteiger partial charge is 0.447 e. The van der Waals surface area contributed by atoms with Crippen molar-refractivity contribution in [2.75, 3.05) is 40.3 Å². The van der Waals surface area contributed by atoms with Gasteiger partial charge in [-0.05, 0) is 95.3 Å². The minimum atomic E-state index is -0.596. The van der Waals surface area contributed by atoms with Crippen LogP contribution in [0.4, 0.5) is 13.6 Å². The van der Waals surface area contributed by atoms with Gasteiger partial charge in [0.2, 0.25) is 5.91 Å². The van der Waals surface area contributed by atoms with Crippen molar-refractivity contribution in [3.63, 3.8) is 0 Å². The topological polar surface area (TPSA) is 53.1 Å². The summed E-state index contributed by atoms with van der Waals surface area (Å²) in [6, 6.07) is 3.93. The predicted octanol–water partition coefficient (Wildman–Crippen LogP) is 5.81. The van der Waals surface area contributed by atoms with Gasteiger partial charge in [-0.15, -0.1) is 0 Å². The molecule has 0 bridgehead atoms. The molecule has 0 N–H and O–H groups in total. The Labute approximate surface area is 232 Å². The molecule has 2 aliphatic heterocycles. The third-order valence-corrected chi connectivity index (χ3v) is 10.5. The summed E-state index contributed by atoms with van der Waals surface area (Å²) in [6.45, 7) is 6.54. The van der Waals surface area contributed by atoms with Crippen LogP contribution in [-0.2, 0) is 9.53 Å². The van der Waals surface area contributed by atoms with Crippen LogP contribution >= 0.6 is 0 Å². The van der Waals surface area contributed by atoms with Crippen molar-refractivity contribution in [1.82, 2.24) is 14.7 Å². The molecule has 4 fully saturated rings. The fourth-order valence-electron chi connectivity index (χ4n) is 7.90. The highest BCUT2D eigenvalue weighted by Crippen LogP contribution is 2.49. The first-order chi connectivity index (χ1) is 18.5. The molecule has 3 atom stereocenters. The van der Waals surface area contributed by atoms with Gasteiger partial charge < -0.3 is 14.5 Å². The molecule has 8 heteroatoms. The smallest absolute Gasteiger partial charge is 0.410 e. The fourth-order valence-corrected chi connectivity index (χ4v) is 7.90. The third kappa shape index (κ3) is 5.55. The molecule has 2 saturated carbocycles. The van der Waals surface area contributed by atoms with E-state index in [1.165, 1.54) is 44.2 Å². The number of carbonyl (C=O) groups is 2. The van der Waals surface area contributed by atoms with Crippen molar-refractivity contribution in [3.05, 3.63) is 35.4 Å². The Morgan fingerprint density at radius 3 is 2.36 bits per heavy atom. The van der Waals surface area contributed by atoms with E-state index in [-0.39, 0.29) is 40.8 Å². The Kier molecular flexibility index (Phi) is 7.97. The second-order valence-electron chi connectivity index (χ2n) is 13.4. The number of hydrogen-bond donors (Lipinski definition) is 0. The number of amides is 2. The van der Waals surface area contributed by atoms with Crippen LogP contribution in [-0.4, -0.2) is 78.6 Å². The minimum Gasteiger partial charge on any atom is -0.447 e. The van der Waals surface area contributed by atoms with E-state index in [2.05, 4.69) is 18.7 Å². The Bertz CT molecular complexity index is 1060. The summed E-state index contributed by atoms with van der Waals surface area (Å²) in [5.41, 5.74) is 0.0909. The molecule has 39 heavy (non-hydrogen) atoms. The highest BCUT2D eigenvalue weighted by Gasteiger charge is 2.50. The number of carbonyl (C=O) groups excluding carboxylic acids is 2. The molecule has 0 spiro atoms. The first-order valence-electron chi connectivity index (χ1n) is 14.9. The molecule has 1 unspecified atom stereocenters. The highest BCUT2D eigenvalue weighted by atomic mass is 19.1. The Morgan fingerprint density at radius 1 is 1.08 bits per heavy atom. The van der Waals surface area contributed by atoms with Crippen molar-refractivity contribution in [2.24, 2.45) is 17.3 Å². The van der Waals surface area contributed by atoms with Gasteiger partial charge >= 0.3 is 6.09 Å². The van der Waals surface area contributed by atoms with E-state index < -0.39 is 11.6 Å². The maximum atomic E-state index is 14.9. The summed E-state index contributed by atoms with van der Waals surface area (Å²) in [6.07, 6.45) is 8.92. The molecule has 0 aromatic heterocycles. The molecule has 1 aromatic rings.